The maximum atomic E-state index is 13.9. The maximum absolute atomic E-state index is 13.9. The molecule has 10 heteroatoms. The van der Waals surface area contributed by atoms with Gasteiger partial charge in [0.05, 0.1) is 17.3 Å². The Balaban J connectivity index is 1.41. The fourth-order valence-electron chi connectivity index (χ4n) is 5.16. The Hall–Kier alpha value is -4.14. The summed E-state index contributed by atoms with van der Waals surface area (Å²) < 4.78 is 6.05. The smallest absolute Gasteiger partial charge is 0.323 e. The lowest BCUT2D eigenvalue weighted by molar-refractivity contribution is -0.137. The molecule has 1 atom stereocenters. The van der Waals surface area contributed by atoms with Gasteiger partial charge in [-0.05, 0) is 73.2 Å². The van der Waals surface area contributed by atoms with Crippen molar-refractivity contribution in [1.82, 2.24) is 14.9 Å². The molecule has 5 rings (SSSR count). The van der Waals surface area contributed by atoms with Gasteiger partial charge in [-0.1, -0.05) is 65.7 Å². The summed E-state index contributed by atoms with van der Waals surface area (Å²) in [6.07, 6.45) is 4.58. The third-order valence-electron chi connectivity index (χ3n) is 7.37. The predicted octanol–water partition coefficient (Wildman–Crippen LogP) is 6.34. The zero-order valence-electron chi connectivity index (χ0n) is 23.5. The first-order valence-electron chi connectivity index (χ1n) is 14.2. The van der Waals surface area contributed by atoms with Gasteiger partial charge in [0.1, 0.15) is 18.9 Å². The highest BCUT2D eigenvalue weighted by atomic mass is 35.5. The molecule has 43 heavy (non-hydrogen) atoms. The van der Waals surface area contributed by atoms with Crippen LogP contribution in [-0.4, -0.2) is 57.6 Å². The zero-order valence-corrected chi connectivity index (χ0v) is 25.0. The Morgan fingerprint density at radius 1 is 0.930 bits per heavy atom. The summed E-state index contributed by atoms with van der Waals surface area (Å²) in [6, 6.07) is 24.3. The molecular formula is C33H32Cl2N4O4. The number of aryl methyl sites for hydroxylation is 2. The monoisotopic (exact) mass is 618 g/mol. The van der Waals surface area contributed by atoms with Crippen molar-refractivity contribution in [2.24, 2.45) is 0 Å². The van der Waals surface area contributed by atoms with E-state index in [4.69, 9.17) is 32.9 Å². The van der Waals surface area contributed by atoms with E-state index in [-0.39, 0.29) is 12.6 Å². The summed E-state index contributed by atoms with van der Waals surface area (Å²) in [5.74, 6) is -0.271. The highest BCUT2D eigenvalue weighted by Gasteiger charge is 2.29. The highest BCUT2D eigenvalue weighted by Crippen LogP contribution is 2.26. The summed E-state index contributed by atoms with van der Waals surface area (Å²) in [5, 5.41) is 10.8. The van der Waals surface area contributed by atoms with Gasteiger partial charge < -0.3 is 19.6 Å². The number of aromatic nitrogens is 2. The Labute approximate surface area is 260 Å². The fourth-order valence-corrected chi connectivity index (χ4v) is 5.41. The summed E-state index contributed by atoms with van der Waals surface area (Å²) in [5.41, 5.74) is 2.75. The number of carbonyl (C=O) groups is 2. The predicted molar refractivity (Wildman–Crippen MR) is 167 cm³/mol. The van der Waals surface area contributed by atoms with Gasteiger partial charge in [0.25, 0.3) is 5.91 Å². The SMILES string of the molecule is O=C(O)CN(Cc1ccc(Cl)cc1)C(=O)c1cnc(N2CCC[C@H]2COc2ccc(Cl)cc2)nc1CCc1ccccc1. The van der Waals surface area contributed by atoms with E-state index >= 15 is 0 Å². The minimum absolute atomic E-state index is 0.0626. The Kier molecular flexibility index (Phi) is 10.1. The second-order valence-electron chi connectivity index (χ2n) is 10.5. The first-order valence-corrected chi connectivity index (χ1v) is 14.9. The molecule has 3 aromatic carbocycles. The molecule has 0 aliphatic carbocycles. The number of rotatable bonds is 12. The van der Waals surface area contributed by atoms with E-state index in [1.54, 1.807) is 36.4 Å². The van der Waals surface area contributed by atoms with Crippen molar-refractivity contribution < 1.29 is 19.4 Å². The van der Waals surface area contributed by atoms with Gasteiger partial charge in [0.15, 0.2) is 0 Å². The average molecular weight is 620 g/mol. The van der Waals surface area contributed by atoms with E-state index in [1.165, 1.54) is 11.1 Å². The van der Waals surface area contributed by atoms with Gasteiger partial charge in [-0.2, -0.15) is 0 Å². The lowest BCUT2D eigenvalue weighted by Gasteiger charge is -2.26. The molecule has 0 saturated carbocycles. The Bertz CT molecular complexity index is 1540. The number of ether oxygens (including phenoxy) is 1. The molecule has 1 aliphatic rings. The second kappa shape index (κ2) is 14.4. The molecule has 1 aromatic heterocycles. The molecular weight excluding hydrogens is 587 g/mol. The highest BCUT2D eigenvalue weighted by molar-refractivity contribution is 6.30. The minimum Gasteiger partial charge on any atom is -0.491 e. The van der Waals surface area contributed by atoms with Crippen molar-refractivity contribution >= 4 is 41.0 Å². The van der Waals surface area contributed by atoms with Crippen LogP contribution in [0.2, 0.25) is 10.0 Å². The molecule has 0 spiro atoms. The van der Waals surface area contributed by atoms with Crippen LogP contribution in [0.15, 0.2) is 85.1 Å². The number of carboxylic acid groups (broad SMARTS) is 1. The molecule has 0 unspecified atom stereocenters. The molecule has 8 nitrogen and oxygen atoms in total. The van der Waals surface area contributed by atoms with Crippen LogP contribution in [0.5, 0.6) is 5.75 Å². The van der Waals surface area contributed by atoms with Gasteiger partial charge >= 0.3 is 5.97 Å². The molecule has 4 aromatic rings. The zero-order chi connectivity index (χ0) is 30.2. The number of carbonyl (C=O) groups excluding carboxylic acids is 1. The van der Waals surface area contributed by atoms with E-state index in [1.807, 2.05) is 42.5 Å². The Morgan fingerprint density at radius 3 is 2.33 bits per heavy atom. The van der Waals surface area contributed by atoms with Crippen molar-refractivity contribution in [3.8, 4) is 5.75 Å². The molecule has 0 bridgehead atoms. The molecule has 1 fully saturated rings. The topological polar surface area (TPSA) is 95.9 Å². The normalized spacial score (nSPS) is 14.5. The lowest BCUT2D eigenvalue weighted by atomic mass is 10.0. The van der Waals surface area contributed by atoms with Crippen LogP contribution in [0, 0.1) is 0 Å². The molecule has 1 saturated heterocycles. The number of hydrogen-bond acceptors (Lipinski definition) is 6. The number of aliphatic carboxylic acids is 1. The number of nitrogens with zero attached hydrogens (tertiary/aromatic N) is 4. The maximum Gasteiger partial charge on any atom is 0.323 e. The number of anilines is 1. The van der Waals surface area contributed by atoms with Crippen LogP contribution >= 0.6 is 23.2 Å². The first-order chi connectivity index (χ1) is 20.9. The van der Waals surface area contributed by atoms with Gasteiger partial charge in [-0.15, -0.1) is 0 Å². The average Bonchev–Trinajstić information content (AvgIpc) is 3.49. The van der Waals surface area contributed by atoms with Gasteiger partial charge in [0, 0.05) is 29.3 Å². The van der Waals surface area contributed by atoms with Crippen LogP contribution in [0.4, 0.5) is 5.95 Å². The molecule has 222 valence electrons. The largest absolute Gasteiger partial charge is 0.491 e. The number of benzene rings is 3. The second-order valence-corrected chi connectivity index (χ2v) is 11.3. The van der Waals surface area contributed by atoms with Gasteiger partial charge in [-0.3, -0.25) is 9.59 Å². The van der Waals surface area contributed by atoms with Crippen LogP contribution in [0.3, 0.4) is 0 Å². The molecule has 1 N–H and O–H groups in total. The van der Waals surface area contributed by atoms with Gasteiger partial charge in [0.2, 0.25) is 5.95 Å². The standard InChI is InChI=1S/C33H32Cl2N4O4/c34-25-11-8-24(9-12-25)20-38(21-31(40)41)32(42)29-19-36-33(37-30(29)17-10-23-5-2-1-3-6-23)39-18-4-7-27(39)22-43-28-15-13-26(35)14-16-28/h1-3,5-6,8-9,11-16,19,27H,4,7,10,17-18,20-22H2,(H,40,41)/t27-/m0/s1. The molecule has 1 aliphatic heterocycles. The summed E-state index contributed by atoms with van der Waals surface area (Å²) >= 11 is 12.0. The third kappa shape index (κ3) is 8.24. The number of carboxylic acids is 1. The van der Waals surface area contributed by atoms with Crippen LogP contribution in [-0.2, 0) is 24.2 Å². The molecule has 1 amide bonds. The van der Waals surface area contributed by atoms with Gasteiger partial charge in [-0.25, -0.2) is 9.97 Å². The van der Waals surface area contributed by atoms with Crippen molar-refractivity contribution in [2.75, 3.05) is 24.6 Å². The first kappa shape index (κ1) is 30.3. The quantitative estimate of drug-likeness (QED) is 0.198. The summed E-state index contributed by atoms with van der Waals surface area (Å²) in [7, 11) is 0. The van der Waals surface area contributed by atoms with E-state index < -0.39 is 18.4 Å². The van der Waals surface area contributed by atoms with Crippen LogP contribution < -0.4 is 9.64 Å². The Morgan fingerprint density at radius 2 is 1.63 bits per heavy atom. The van der Waals surface area contributed by atoms with E-state index in [0.717, 1.165) is 36.3 Å². The van der Waals surface area contributed by atoms with Crippen LogP contribution in [0.25, 0.3) is 0 Å². The molecule has 2 heterocycles. The van der Waals surface area contributed by atoms with E-state index in [2.05, 4.69) is 9.88 Å². The van der Waals surface area contributed by atoms with Crippen molar-refractivity contribution in [3.63, 3.8) is 0 Å². The van der Waals surface area contributed by atoms with Crippen LogP contribution in [0.1, 0.15) is 40.0 Å². The summed E-state index contributed by atoms with van der Waals surface area (Å²) in [6.45, 7) is 0.871. The van der Waals surface area contributed by atoms with E-state index in [0.29, 0.717) is 46.7 Å². The minimum atomic E-state index is -1.11. The number of amides is 1. The number of halogens is 2. The van der Waals surface area contributed by atoms with Crippen molar-refractivity contribution in [2.45, 2.75) is 38.3 Å². The number of hydrogen-bond donors (Lipinski definition) is 1. The fraction of sp³-hybridized carbons (Fsp3) is 0.273. The lowest BCUT2D eigenvalue weighted by Crippen LogP contribution is -2.37. The summed E-state index contributed by atoms with van der Waals surface area (Å²) in [4.78, 5) is 38.6. The van der Waals surface area contributed by atoms with Crippen molar-refractivity contribution in [1.29, 1.82) is 0 Å². The van der Waals surface area contributed by atoms with E-state index in [9.17, 15) is 14.7 Å². The molecule has 0 radical (unpaired) electrons. The third-order valence-corrected chi connectivity index (χ3v) is 7.87. The van der Waals surface area contributed by atoms with Crippen molar-refractivity contribution in [3.05, 3.63) is 117 Å².